The average molecular weight is 947 g/mol. The molecule has 0 radical (unpaired) electrons. The maximum atomic E-state index is 2.54. The molecule has 2 rings (SSSR count). The van der Waals surface area contributed by atoms with Crippen LogP contribution in [-0.4, -0.2) is 26.2 Å². The molecule has 2 aromatic rings. The van der Waals surface area contributed by atoms with Gasteiger partial charge in [0.2, 0.25) is 0 Å². The Kier molecular flexibility index (Phi) is 46.5. The number of hydrogen-bond donors (Lipinski definition) is 1. The van der Waals surface area contributed by atoms with E-state index in [0.717, 1.165) is 35.5 Å². The number of hydrogen-bond acceptors (Lipinski definition) is 0. The van der Waals surface area contributed by atoms with Gasteiger partial charge < -0.3 is 5.32 Å². The summed E-state index contributed by atoms with van der Waals surface area (Å²) in [7, 11) is 0. The molecule has 0 aromatic heterocycles. The van der Waals surface area contributed by atoms with Gasteiger partial charge in [-0.15, -0.1) is 0 Å². The fourth-order valence-electron chi connectivity index (χ4n) is 11.4. The molecule has 0 heterocycles. The van der Waals surface area contributed by atoms with Crippen LogP contribution in [0.15, 0.2) is 60.7 Å². The van der Waals surface area contributed by atoms with Crippen molar-refractivity contribution in [2.75, 3.05) is 13.1 Å². The highest BCUT2D eigenvalue weighted by molar-refractivity contribution is 6.79. The fourth-order valence-corrected chi connectivity index (χ4v) is 17.8. The zero-order valence-electron chi connectivity index (χ0n) is 48.1. The molecule has 2 heteroatoms. The van der Waals surface area contributed by atoms with Crippen molar-refractivity contribution in [1.82, 2.24) is 0 Å². The third kappa shape index (κ3) is 35.7. The summed E-state index contributed by atoms with van der Waals surface area (Å²) < 4.78 is 0. The standard InChI is InChI=1S/C17H37N.C12H10.4C9H19.Al/c1-5-8-9-10-14-18-15-16(4)12-13-17(7-3)11-6-2;1-3-7-11(8-4-1)12-9-5-2-6-10-12;4*1-4-7-8-9(5-2)6-3;/h16-18H,5-15H2,1-4H3;1-10H;4*9H,2,4-8H2,1,3H3;/q;;;;;;-1/p+1. The van der Waals surface area contributed by atoms with E-state index >= 15 is 0 Å². The van der Waals surface area contributed by atoms with Crippen LogP contribution in [0.25, 0.3) is 11.1 Å². The number of rotatable bonds is 42. The quantitative estimate of drug-likeness (QED) is 0.0504. The molecule has 0 spiro atoms. The molecule has 67 heavy (non-hydrogen) atoms. The Balaban J connectivity index is 0.00000118. The summed E-state index contributed by atoms with van der Waals surface area (Å²) in [5.74, 6) is 5.91. The molecule has 6 unspecified atom stereocenters. The second-order valence-electron chi connectivity index (χ2n) is 22.6. The minimum Gasteiger partial charge on any atom is -0.346 e. The molecular formula is C65H124AlN. The van der Waals surface area contributed by atoms with Crippen LogP contribution in [0.4, 0.5) is 0 Å². The van der Waals surface area contributed by atoms with Crippen LogP contribution in [0.2, 0.25) is 21.1 Å². The molecule has 0 aliphatic rings. The Morgan fingerprint density at radius 3 is 1.00 bits per heavy atom. The summed E-state index contributed by atoms with van der Waals surface area (Å²) in [5, 5.41) is 9.30. The van der Waals surface area contributed by atoms with Crippen molar-refractivity contribution in [1.29, 1.82) is 0 Å². The first-order valence-corrected chi connectivity index (χ1v) is 34.1. The van der Waals surface area contributed by atoms with E-state index in [1.54, 1.807) is 46.8 Å². The van der Waals surface area contributed by atoms with E-state index in [-0.39, 0.29) is 0 Å². The van der Waals surface area contributed by atoms with Crippen LogP contribution < -0.4 is 5.32 Å². The van der Waals surface area contributed by atoms with Crippen LogP contribution in [-0.2, 0) is 0 Å². The normalized spacial score (nSPS) is 15.0. The highest BCUT2D eigenvalue weighted by atomic mass is 27.2. The first-order chi connectivity index (χ1) is 32.7. The molecule has 2 N–H and O–H groups in total. The van der Waals surface area contributed by atoms with Crippen molar-refractivity contribution < 1.29 is 5.32 Å². The van der Waals surface area contributed by atoms with Gasteiger partial charge >= 0.3 is 0 Å². The number of benzene rings is 2. The summed E-state index contributed by atoms with van der Waals surface area (Å²) in [4.78, 5) is 0. The minimum absolute atomic E-state index is 0.905. The molecule has 0 aliphatic carbocycles. The van der Waals surface area contributed by atoms with E-state index in [2.05, 4.69) is 137 Å². The Hall–Kier alpha value is -1.07. The second-order valence-corrected chi connectivity index (χ2v) is 28.3. The van der Waals surface area contributed by atoms with Crippen LogP contribution in [0.3, 0.4) is 0 Å². The van der Waals surface area contributed by atoms with Crippen molar-refractivity contribution in [3.05, 3.63) is 60.7 Å². The first kappa shape index (κ1) is 65.9. The van der Waals surface area contributed by atoms with Crippen LogP contribution in [0.1, 0.15) is 269 Å². The lowest BCUT2D eigenvalue weighted by Crippen LogP contribution is -2.85. The van der Waals surface area contributed by atoms with Gasteiger partial charge in [0.25, 0.3) is 0 Å². The highest BCUT2D eigenvalue weighted by Crippen LogP contribution is 2.40. The molecule has 392 valence electrons. The fraction of sp³-hybridized carbons (Fsp3) is 0.815. The molecule has 0 saturated heterocycles. The smallest absolute Gasteiger partial charge is 0.134 e. The zero-order valence-corrected chi connectivity index (χ0v) is 49.3. The maximum absolute atomic E-state index is 2.54. The first-order valence-electron chi connectivity index (χ1n) is 30.8. The molecule has 0 aliphatic heterocycles. The minimum atomic E-state index is -1.64. The largest absolute Gasteiger partial charge is 0.346 e. The van der Waals surface area contributed by atoms with Gasteiger partial charge in [0.1, 0.15) is 13.1 Å². The van der Waals surface area contributed by atoms with E-state index < -0.39 is 13.1 Å². The van der Waals surface area contributed by atoms with Gasteiger partial charge in [-0.25, -0.2) is 0 Å². The predicted molar refractivity (Wildman–Crippen MR) is 311 cm³/mol. The Labute approximate surface area is 426 Å². The number of quaternary nitrogens is 1. The molecule has 2 aromatic carbocycles. The van der Waals surface area contributed by atoms with Crippen molar-refractivity contribution in [2.45, 2.75) is 290 Å². The van der Waals surface area contributed by atoms with Crippen molar-refractivity contribution in [3.63, 3.8) is 0 Å². The third-order valence-corrected chi connectivity index (χ3v) is 23.2. The van der Waals surface area contributed by atoms with E-state index in [1.807, 2.05) is 12.1 Å². The molecular weight excluding hydrogens is 822 g/mol. The molecule has 6 atom stereocenters. The lowest BCUT2D eigenvalue weighted by Gasteiger charge is -2.41. The van der Waals surface area contributed by atoms with Crippen LogP contribution in [0, 0.1) is 35.5 Å². The maximum Gasteiger partial charge on any atom is 0.134 e. The Morgan fingerprint density at radius 2 is 0.687 bits per heavy atom. The SMILES string of the molecule is CCCCC(CC)C[CH2][Al-]([CH2]CC(CC)CCCC)([CH2]CC(CC)CCCC)[CH2]CC(CC)CCCC.CCCCCC[NH2+]CC(C)CCC(CC)CCC.c1ccc(-c2ccccc2)cc1. The van der Waals surface area contributed by atoms with Crippen LogP contribution >= 0.6 is 0 Å². The lowest BCUT2D eigenvalue weighted by atomic mass is 9.91. The van der Waals surface area contributed by atoms with Gasteiger partial charge in [0.05, 0.1) is 13.1 Å². The van der Waals surface area contributed by atoms with E-state index in [0.29, 0.717) is 0 Å². The average Bonchev–Trinajstić information content (AvgIpc) is 3.37. The summed E-state index contributed by atoms with van der Waals surface area (Å²) in [6, 6.07) is 20.8. The summed E-state index contributed by atoms with van der Waals surface area (Å²) in [6.45, 7) is 31.6. The zero-order chi connectivity index (χ0) is 49.6. The lowest BCUT2D eigenvalue weighted by molar-refractivity contribution is -0.660. The van der Waals surface area contributed by atoms with Gasteiger partial charge in [-0.1, -0.05) is 304 Å². The van der Waals surface area contributed by atoms with E-state index in [1.165, 1.54) is 185 Å². The van der Waals surface area contributed by atoms with Gasteiger partial charge in [-0.3, -0.25) is 0 Å². The summed E-state index contributed by atoms with van der Waals surface area (Å²) in [6.07, 6.45) is 42.0. The highest BCUT2D eigenvalue weighted by Gasteiger charge is 2.31. The predicted octanol–water partition coefficient (Wildman–Crippen LogP) is 21.6. The van der Waals surface area contributed by atoms with Gasteiger partial charge in [-0.05, 0) is 66.4 Å². The Morgan fingerprint density at radius 1 is 0.343 bits per heavy atom. The number of unbranched alkanes of at least 4 members (excludes halogenated alkanes) is 7. The van der Waals surface area contributed by atoms with Gasteiger partial charge in [0.15, 0.2) is 0 Å². The molecule has 1 nitrogen and oxygen atoms in total. The van der Waals surface area contributed by atoms with E-state index in [4.69, 9.17) is 0 Å². The van der Waals surface area contributed by atoms with Crippen molar-refractivity contribution in [3.8, 4) is 11.1 Å². The Bertz CT molecular complexity index is 1120. The topological polar surface area (TPSA) is 16.6 Å². The van der Waals surface area contributed by atoms with Crippen molar-refractivity contribution in [2.24, 2.45) is 35.5 Å². The third-order valence-electron chi connectivity index (χ3n) is 17.0. The van der Waals surface area contributed by atoms with Crippen molar-refractivity contribution >= 4 is 13.1 Å². The molecule has 0 fully saturated rings. The summed E-state index contributed by atoms with van der Waals surface area (Å²) >= 11 is -1.64. The molecule has 0 saturated carbocycles. The van der Waals surface area contributed by atoms with E-state index in [9.17, 15) is 0 Å². The monoisotopic (exact) mass is 946 g/mol. The van der Waals surface area contributed by atoms with Gasteiger partial charge in [0, 0.05) is 5.92 Å². The number of nitrogens with two attached hydrogens (primary N) is 1. The second kappa shape index (κ2) is 47.3. The molecule has 0 amide bonds. The summed E-state index contributed by atoms with van der Waals surface area (Å²) in [5.41, 5.74) is 2.55. The van der Waals surface area contributed by atoms with Gasteiger partial charge in [-0.2, -0.15) is 21.1 Å². The van der Waals surface area contributed by atoms with Crippen LogP contribution in [0.5, 0.6) is 0 Å². The molecule has 0 bridgehead atoms.